The van der Waals surface area contributed by atoms with Gasteiger partial charge in [0.15, 0.2) is 5.13 Å². The van der Waals surface area contributed by atoms with Crippen LogP contribution in [0, 0.1) is 6.92 Å². The quantitative estimate of drug-likeness (QED) is 0.940. The van der Waals surface area contributed by atoms with Crippen LogP contribution >= 0.6 is 22.9 Å². The lowest BCUT2D eigenvalue weighted by molar-refractivity contribution is 0.0796. The zero-order chi connectivity index (χ0) is 14.8. The molecule has 1 fully saturated rings. The van der Waals surface area contributed by atoms with Crippen LogP contribution in [0.3, 0.4) is 0 Å². The van der Waals surface area contributed by atoms with Crippen LogP contribution < -0.4 is 5.32 Å². The number of amides is 1. The first-order valence-electron chi connectivity index (χ1n) is 6.79. The number of nitrogens with one attached hydrogen (secondary N) is 1. The number of hydrogen-bond acceptors (Lipinski definition) is 5. The highest BCUT2D eigenvalue weighted by atomic mass is 35.5. The number of nitrogens with zero attached hydrogens (tertiary/aromatic N) is 3. The number of aryl methyl sites for hydroxylation is 1. The van der Waals surface area contributed by atoms with E-state index < -0.39 is 0 Å². The Kier molecular flexibility index (Phi) is 4.07. The van der Waals surface area contributed by atoms with Crippen molar-refractivity contribution in [2.75, 3.05) is 18.4 Å². The SMILES string of the molecule is Cc1nc(Nc2ccc(Cl)cn2)sc1C(=O)N1CCCC1. The third kappa shape index (κ3) is 3.16. The van der Waals surface area contributed by atoms with Crippen molar-refractivity contribution in [3.8, 4) is 0 Å². The summed E-state index contributed by atoms with van der Waals surface area (Å²) in [6.45, 7) is 3.55. The average Bonchev–Trinajstić information content (AvgIpc) is 3.10. The lowest BCUT2D eigenvalue weighted by Gasteiger charge is -2.13. The Bertz CT molecular complexity index is 649. The third-order valence-corrected chi connectivity index (χ3v) is 4.63. The van der Waals surface area contributed by atoms with Crippen LogP contribution in [0.15, 0.2) is 18.3 Å². The molecule has 2 aromatic rings. The van der Waals surface area contributed by atoms with Crippen LogP contribution in [-0.4, -0.2) is 33.9 Å². The summed E-state index contributed by atoms with van der Waals surface area (Å²) in [7, 11) is 0. The number of anilines is 2. The van der Waals surface area contributed by atoms with E-state index in [1.54, 1.807) is 18.3 Å². The molecule has 1 aliphatic heterocycles. The monoisotopic (exact) mass is 322 g/mol. The summed E-state index contributed by atoms with van der Waals surface area (Å²) in [4.78, 5) is 23.6. The molecule has 21 heavy (non-hydrogen) atoms. The molecule has 3 rings (SSSR count). The molecule has 1 N–H and O–H groups in total. The fourth-order valence-corrected chi connectivity index (χ4v) is 3.32. The van der Waals surface area contributed by atoms with Gasteiger partial charge in [-0.3, -0.25) is 4.79 Å². The zero-order valence-electron chi connectivity index (χ0n) is 11.6. The fraction of sp³-hybridized carbons (Fsp3) is 0.357. The van der Waals surface area contributed by atoms with E-state index in [1.807, 2.05) is 11.8 Å². The number of halogens is 1. The van der Waals surface area contributed by atoms with Crippen LogP contribution in [0.5, 0.6) is 0 Å². The van der Waals surface area contributed by atoms with Gasteiger partial charge in [0.2, 0.25) is 0 Å². The molecule has 1 saturated heterocycles. The van der Waals surface area contributed by atoms with Gasteiger partial charge in [-0.25, -0.2) is 9.97 Å². The van der Waals surface area contributed by atoms with Gasteiger partial charge in [0, 0.05) is 19.3 Å². The number of carbonyl (C=O) groups excluding carboxylic acids is 1. The van der Waals surface area contributed by atoms with Gasteiger partial charge in [-0.2, -0.15) is 0 Å². The summed E-state index contributed by atoms with van der Waals surface area (Å²) >= 11 is 7.17. The van der Waals surface area contributed by atoms with E-state index in [2.05, 4.69) is 15.3 Å². The predicted octanol–water partition coefficient (Wildman–Crippen LogP) is 3.48. The Morgan fingerprint density at radius 1 is 1.38 bits per heavy atom. The first kappa shape index (κ1) is 14.3. The van der Waals surface area contributed by atoms with E-state index in [4.69, 9.17) is 11.6 Å². The molecule has 0 atom stereocenters. The zero-order valence-corrected chi connectivity index (χ0v) is 13.2. The largest absolute Gasteiger partial charge is 0.338 e. The molecule has 7 heteroatoms. The second-order valence-corrected chi connectivity index (χ2v) is 6.36. The van der Waals surface area contributed by atoms with Crippen LogP contribution in [0.25, 0.3) is 0 Å². The molecule has 1 amide bonds. The Labute approximate surface area is 132 Å². The summed E-state index contributed by atoms with van der Waals surface area (Å²) < 4.78 is 0. The molecule has 0 unspecified atom stereocenters. The number of likely N-dealkylation sites (tertiary alicyclic amines) is 1. The topological polar surface area (TPSA) is 58.1 Å². The average molecular weight is 323 g/mol. The van der Waals surface area contributed by atoms with Gasteiger partial charge < -0.3 is 10.2 Å². The van der Waals surface area contributed by atoms with Crippen LogP contribution in [0.2, 0.25) is 5.02 Å². The summed E-state index contributed by atoms with van der Waals surface area (Å²) in [6, 6.07) is 3.54. The van der Waals surface area contributed by atoms with Gasteiger partial charge in [-0.15, -0.1) is 0 Å². The maximum Gasteiger partial charge on any atom is 0.265 e. The van der Waals surface area contributed by atoms with Crippen molar-refractivity contribution < 1.29 is 4.79 Å². The van der Waals surface area contributed by atoms with Crippen LogP contribution in [0.1, 0.15) is 28.2 Å². The minimum Gasteiger partial charge on any atom is -0.338 e. The Morgan fingerprint density at radius 2 is 2.14 bits per heavy atom. The number of rotatable bonds is 3. The minimum atomic E-state index is 0.0830. The van der Waals surface area contributed by atoms with Crippen molar-refractivity contribution in [2.45, 2.75) is 19.8 Å². The summed E-state index contributed by atoms with van der Waals surface area (Å²) in [6.07, 6.45) is 3.74. The highest BCUT2D eigenvalue weighted by Crippen LogP contribution is 2.27. The molecule has 0 spiro atoms. The first-order chi connectivity index (χ1) is 10.1. The Morgan fingerprint density at radius 3 is 2.81 bits per heavy atom. The van der Waals surface area contributed by atoms with Gasteiger partial charge in [0.1, 0.15) is 10.7 Å². The number of hydrogen-bond donors (Lipinski definition) is 1. The maximum absolute atomic E-state index is 12.4. The third-order valence-electron chi connectivity index (χ3n) is 3.35. The van der Waals surface area contributed by atoms with Gasteiger partial charge in [0.05, 0.1) is 10.7 Å². The molecule has 0 aliphatic carbocycles. The number of thiazole rings is 1. The number of carbonyl (C=O) groups is 1. The molecule has 0 saturated carbocycles. The molecule has 3 heterocycles. The van der Waals surface area contributed by atoms with Crippen LogP contribution in [-0.2, 0) is 0 Å². The van der Waals surface area contributed by atoms with E-state index in [0.29, 0.717) is 20.8 Å². The lowest BCUT2D eigenvalue weighted by Crippen LogP contribution is -2.27. The molecule has 5 nitrogen and oxygen atoms in total. The highest BCUT2D eigenvalue weighted by Gasteiger charge is 2.23. The van der Waals surface area contributed by atoms with Crippen molar-refractivity contribution in [1.82, 2.24) is 14.9 Å². The first-order valence-corrected chi connectivity index (χ1v) is 7.98. The molecular formula is C14H15ClN4OS. The van der Waals surface area contributed by atoms with E-state index in [9.17, 15) is 4.79 Å². The smallest absolute Gasteiger partial charge is 0.265 e. The predicted molar refractivity (Wildman–Crippen MR) is 84.5 cm³/mol. The molecule has 110 valence electrons. The van der Waals surface area contributed by atoms with Gasteiger partial charge in [-0.1, -0.05) is 22.9 Å². The van der Waals surface area contributed by atoms with E-state index in [0.717, 1.165) is 31.6 Å². The van der Waals surface area contributed by atoms with Crippen LogP contribution in [0.4, 0.5) is 10.9 Å². The van der Waals surface area contributed by atoms with Crippen molar-refractivity contribution >= 4 is 39.8 Å². The Hall–Kier alpha value is -1.66. The second kappa shape index (κ2) is 5.99. The van der Waals surface area contributed by atoms with Gasteiger partial charge >= 0.3 is 0 Å². The lowest BCUT2D eigenvalue weighted by atomic mass is 10.3. The Balaban J connectivity index is 1.77. The van der Waals surface area contributed by atoms with Gasteiger partial charge in [0.25, 0.3) is 5.91 Å². The van der Waals surface area contributed by atoms with Crippen molar-refractivity contribution in [1.29, 1.82) is 0 Å². The van der Waals surface area contributed by atoms with Crippen molar-refractivity contribution in [3.63, 3.8) is 0 Å². The molecule has 1 aliphatic rings. The summed E-state index contributed by atoms with van der Waals surface area (Å²) in [5, 5.41) is 4.36. The normalized spacial score (nSPS) is 14.5. The van der Waals surface area contributed by atoms with E-state index in [1.165, 1.54) is 11.3 Å². The summed E-state index contributed by atoms with van der Waals surface area (Å²) in [5.41, 5.74) is 0.758. The van der Waals surface area contributed by atoms with E-state index in [-0.39, 0.29) is 5.91 Å². The number of pyridine rings is 1. The fourth-order valence-electron chi connectivity index (χ4n) is 2.27. The number of aromatic nitrogens is 2. The second-order valence-electron chi connectivity index (χ2n) is 4.92. The molecule has 0 radical (unpaired) electrons. The molecule has 2 aromatic heterocycles. The molecular weight excluding hydrogens is 308 g/mol. The summed E-state index contributed by atoms with van der Waals surface area (Å²) in [5.74, 6) is 0.743. The van der Waals surface area contributed by atoms with Gasteiger partial charge in [-0.05, 0) is 31.9 Å². The molecule has 0 aromatic carbocycles. The maximum atomic E-state index is 12.4. The standard InChI is InChI=1S/C14H15ClN4OS/c1-9-12(13(20)19-6-2-3-7-19)21-14(17-9)18-11-5-4-10(15)8-16-11/h4-5,8H,2-3,6-7H2,1H3,(H,16,17,18). The highest BCUT2D eigenvalue weighted by molar-refractivity contribution is 7.17. The van der Waals surface area contributed by atoms with Crippen molar-refractivity contribution in [3.05, 3.63) is 33.9 Å². The van der Waals surface area contributed by atoms with Crippen molar-refractivity contribution in [2.24, 2.45) is 0 Å². The van der Waals surface area contributed by atoms with E-state index >= 15 is 0 Å². The molecule has 0 bridgehead atoms. The minimum absolute atomic E-state index is 0.0830.